The lowest BCUT2D eigenvalue weighted by molar-refractivity contribution is 0.101. The maximum Gasteiger partial charge on any atom is 0.179 e. The fourth-order valence-electron chi connectivity index (χ4n) is 1.37. The van der Waals surface area contributed by atoms with E-state index in [2.05, 4.69) is 0 Å². The van der Waals surface area contributed by atoms with Gasteiger partial charge in [0.05, 0.1) is 25.0 Å². The van der Waals surface area contributed by atoms with Gasteiger partial charge in [0, 0.05) is 23.7 Å². The molecule has 0 aliphatic rings. The van der Waals surface area contributed by atoms with E-state index in [1.807, 2.05) is 0 Å². The maximum atomic E-state index is 13.1. The Balaban J connectivity index is 2.77. The molecule has 1 rings (SSSR count). The number of rotatable bonds is 7. The average molecular weight is 274 g/mol. The van der Waals surface area contributed by atoms with Crippen molar-refractivity contribution in [3.63, 3.8) is 0 Å². The van der Waals surface area contributed by atoms with E-state index >= 15 is 0 Å². The van der Waals surface area contributed by atoms with Gasteiger partial charge in [-0.3, -0.25) is 9.00 Å². The van der Waals surface area contributed by atoms with E-state index in [0.717, 1.165) is 6.07 Å². The molecule has 1 aromatic carbocycles. The lowest BCUT2D eigenvalue weighted by Gasteiger charge is -2.07. The summed E-state index contributed by atoms with van der Waals surface area (Å²) in [4.78, 5) is 11.9. The van der Waals surface area contributed by atoms with Crippen LogP contribution in [0, 0.1) is 5.82 Å². The van der Waals surface area contributed by atoms with Gasteiger partial charge >= 0.3 is 0 Å². The predicted octanol–water partition coefficient (Wildman–Crippen LogP) is 1.41. The molecule has 0 spiro atoms. The van der Waals surface area contributed by atoms with Crippen LogP contribution in [-0.2, 0) is 15.5 Å². The fraction of sp³-hybridized carbons (Fsp3) is 0.417. The lowest BCUT2D eigenvalue weighted by Crippen LogP contribution is -2.16. The highest BCUT2D eigenvalue weighted by molar-refractivity contribution is 7.85. The number of carbonyl (C=O) groups excluding carboxylic acids is 1. The van der Waals surface area contributed by atoms with E-state index in [9.17, 15) is 13.4 Å². The number of benzene rings is 1. The summed E-state index contributed by atoms with van der Waals surface area (Å²) in [5.41, 5.74) is 0.114. The summed E-state index contributed by atoms with van der Waals surface area (Å²) in [6, 6.07) is 3.67. The van der Waals surface area contributed by atoms with Gasteiger partial charge in [0.1, 0.15) is 11.6 Å². The smallest absolute Gasteiger partial charge is 0.179 e. The second-order valence-electron chi connectivity index (χ2n) is 3.55. The van der Waals surface area contributed by atoms with E-state index in [1.54, 1.807) is 0 Å². The topological polar surface area (TPSA) is 52.6 Å². The zero-order valence-corrected chi connectivity index (χ0v) is 11.1. The van der Waals surface area contributed by atoms with Crippen LogP contribution in [0.5, 0.6) is 5.75 Å². The van der Waals surface area contributed by atoms with Crippen LogP contribution in [-0.4, -0.2) is 42.3 Å². The number of methoxy groups -OCH3 is 2. The van der Waals surface area contributed by atoms with Crippen LogP contribution in [0.3, 0.4) is 0 Å². The fourth-order valence-corrected chi connectivity index (χ4v) is 2.32. The van der Waals surface area contributed by atoms with Crippen molar-refractivity contribution in [3.8, 4) is 5.75 Å². The van der Waals surface area contributed by atoms with Crippen LogP contribution in [0.2, 0.25) is 0 Å². The number of halogens is 1. The van der Waals surface area contributed by atoms with E-state index in [1.165, 1.54) is 26.4 Å². The highest BCUT2D eigenvalue weighted by Crippen LogP contribution is 2.20. The molecule has 0 saturated heterocycles. The normalized spacial score (nSPS) is 12.2. The van der Waals surface area contributed by atoms with Crippen LogP contribution >= 0.6 is 0 Å². The summed E-state index contributed by atoms with van der Waals surface area (Å²) in [6.07, 6.45) is 0. The zero-order chi connectivity index (χ0) is 13.5. The summed E-state index contributed by atoms with van der Waals surface area (Å²) >= 11 is 0. The molecule has 6 heteroatoms. The standard InChI is InChI=1S/C12H15FO4S/c1-16-5-6-18(15)8-11(14)10-7-9(13)3-4-12(10)17-2/h3-4,7H,5-6,8H2,1-2H3. The number of hydrogen-bond acceptors (Lipinski definition) is 4. The molecular weight excluding hydrogens is 259 g/mol. The minimum absolute atomic E-state index is 0.114. The molecule has 0 saturated carbocycles. The summed E-state index contributed by atoms with van der Waals surface area (Å²) in [7, 11) is 1.57. The minimum Gasteiger partial charge on any atom is -0.496 e. The van der Waals surface area contributed by atoms with Gasteiger partial charge in [-0.1, -0.05) is 0 Å². The molecule has 18 heavy (non-hydrogen) atoms. The number of hydrogen-bond donors (Lipinski definition) is 0. The van der Waals surface area contributed by atoms with Gasteiger partial charge in [0.15, 0.2) is 5.78 Å². The van der Waals surface area contributed by atoms with E-state index < -0.39 is 22.4 Å². The minimum atomic E-state index is -1.32. The van der Waals surface area contributed by atoms with Gasteiger partial charge < -0.3 is 9.47 Å². The SMILES string of the molecule is COCCS(=O)CC(=O)c1cc(F)ccc1OC. The van der Waals surface area contributed by atoms with Gasteiger partial charge in [0.25, 0.3) is 0 Å². The molecule has 0 N–H and O–H groups in total. The maximum absolute atomic E-state index is 13.1. The highest BCUT2D eigenvalue weighted by atomic mass is 32.2. The van der Waals surface area contributed by atoms with Crippen LogP contribution in [0.4, 0.5) is 4.39 Å². The Morgan fingerprint density at radius 3 is 2.72 bits per heavy atom. The monoisotopic (exact) mass is 274 g/mol. The molecule has 4 nitrogen and oxygen atoms in total. The third-order valence-electron chi connectivity index (χ3n) is 2.27. The Labute approximate surface area is 108 Å². The Kier molecular flexibility index (Phi) is 5.94. The first kappa shape index (κ1) is 14.8. The molecular formula is C12H15FO4S. The largest absolute Gasteiger partial charge is 0.496 e. The van der Waals surface area contributed by atoms with E-state index in [0.29, 0.717) is 6.61 Å². The zero-order valence-electron chi connectivity index (χ0n) is 10.3. The first-order chi connectivity index (χ1) is 8.58. The van der Waals surface area contributed by atoms with Crippen molar-refractivity contribution >= 4 is 16.6 Å². The molecule has 0 aromatic heterocycles. The van der Waals surface area contributed by atoms with Crippen molar-refractivity contribution in [2.75, 3.05) is 32.3 Å². The molecule has 0 amide bonds. The van der Waals surface area contributed by atoms with Gasteiger partial charge in [-0.2, -0.15) is 0 Å². The molecule has 0 bridgehead atoms. The molecule has 1 aromatic rings. The van der Waals surface area contributed by atoms with E-state index in [-0.39, 0.29) is 22.8 Å². The molecule has 1 unspecified atom stereocenters. The van der Waals surface area contributed by atoms with Crippen LogP contribution in [0.25, 0.3) is 0 Å². The summed E-state index contributed by atoms with van der Waals surface area (Å²) in [6.45, 7) is 0.320. The van der Waals surface area contributed by atoms with E-state index in [4.69, 9.17) is 9.47 Å². The van der Waals surface area contributed by atoms with Crippen LogP contribution in [0.1, 0.15) is 10.4 Å². The summed E-state index contributed by atoms with van der Waals surface area (Å²) < 4.78 is 34.4. The third kappa shape index (κ3) is 4.19. The Morgan fingerprint density at radius 1 is 1.39 bits per heavy atom. The Morgan fingerprint density at radius 2 is 2.11 bits per heavy atom. The second-order valence-corrected chi connectivity index (χ2v) is 5.13. The van der Waals surface area contributed by atoms with Gasteiger partial charge in [-0.05, 0) is 18.2 Å². The van der Waals surface area contributed by atoms with Crippen molar-refractivity contribution in [1.82, 2.24) is 0 Å². The van der Waals surface area contributed by atoms with Gasteiger partial charge in [-0.25, -0.2) is 4.39 Å². The lowest BCUT2D eigenvalue weighted by atomic mass is 10.1. The van der Waals surface area contributed by atoms with Crippen molar-refractivity contribution in [2.45, 2.75) is 0 Å². The highest BCUT2D eigenvalue weighted by Gasteiger charge is 2.16. The van der Waals surface area contributed by atoms with Crippen molar-refractivity contribution in [1.29, 1.82) is 0 Å². The number of ether oxygens (including phenoxy) is 2. The third-order valence-corrected chi connectivity index (χ3v) is 3.48. The molecule has 1 atom stereocenters. The molecule has 100 valence electrons. The molecule has 0 aliphatic carbocycles. The molecule has 0 heterocycles. The van der Waals surface area contributed by atoms with Crippen molar-refractivity contribution < 1.29 is 22.9 Å². The Hall–Kier alpha value is -1.27. The Bertz CT molecular complexity index is 448. The quantitative estimate of drug-likeness (QED) is 0.705. The van der Waals surface area contributed by atoms with Crippen molar-refractivity contribution in [2.24, 2.45) is 0 Å². The van der Waals surface area contributed by atoms with Crippen LogP contribution < -0.4 is 4.74 Å². The summed E-state index contributed by atoms with van der Waals surface area (Å²) in [5, 5.41) is 0. The van der Waals surface area contributed by atoms with Crippen molar-refractivity contribution in [3.05, 3.63) is 29.6 Å². The predicted molar refractivity (Wildman–Crippen MR) is 67.0 cm³/mol. The molecule has 0 radical (unpaired) electrons. The first-order valence-electron chi connectivity index (χ1n) is 5.29. The number of ketones is 1. The number of carbonyl (C=O) groups is 1. The average Bonchev–Trinajstić information content (AvgIpc) is 2.36. The van der Waals surface area contributed by atoms with Gasteiger partial charge in [0.2, 0.25) is 0 Å². The summed E-state index contributed by atoms with van der Waals surface area (Å²) in [5.74, 6) is -0.531. The molecule has 0 aliphatic heterocycles. The molecule has 0 fully saturated rings. The second kappa shape index (κ2) is 7.23. The van der Waals surface area contributed by atoms with Crippen LogP contribution in [0.15, 0.2) is 18.2 Å². The number of Topliss-reactive ketones (excluding diaryl/α,β-unsaturated/α-hetero) is 1. The van der Waals surface area contributed by atoms with Gasteiger partial charge in [-0.15, -0.1) is 0 Å². The first-order valence-corrected chi connectivity index (χ1v) is 6.78.